The zero-order valence-electron chi connectivity index (χ0n) is 23.4. The quantitative estimate of drug-likeness (QED) is 0.151. The van der Waals surface area contributed by atoms with Crippen molar-refractivity contribution in [1.29, 1.82) is 0 Å². The Morgan fingerprint density at radius 1 is 0.628 bits per heavy atom. The van der Waals surface area contributed by atoms with E-state index in [1.54, 1.807) is 60.7 Å². The number of amides is 1. The van der Waals surface area contributed by atoms with Crippen LogP contribution in [0.1, 0.15) is 69.5 Å². The van der Waals surface area contributed by atoms with Crippen LogP contribution in [0.2, 0.25) is 5.02 Å². The molecule has 3 rings (SSSR count). The Labute approximate surface area is 253 Å². The third kappa shape index (κ3) is 12.8. The lowest BCUT2D eigenvalue weighted by Gasteiger charge is -2.18. The molecule has 0 unspecified atom stereocenters. The SMILES string of the molecule is O=C(O)CCCc1ccccc1C(=O)O.O=C(O)C[C@@H](Cc1ccccc1Cl)NC(=O)CCCc1ccccc1C(=O)O. The number of hydrogen-bond donors (Lipinski definition) is 5. The van der Waals surface area contributed by atoms with Crippen LogP contribution in [0.5, 0.6) is 0 Å². The molecule has 0 saturated heterocycles. The molecule has 5 N–H and O–H groups in total. The van der Waals surface area contributed by atoms with Gasteiger partial charge in [0.05, 0.1) is 17.5 Å². The Hall–Kier alpha value is -4.70. The summed E-state index contributed by atoms with van der Waals surface area (Å²) in [4.78, 5) is 55.7. The molecule has 0 spiro atoms. The van der Waals surface area contributed by atoms with Crippen LogP contribution in [0.4, 0.5) is 0 Å². The smallest absolute Gasteiger partial charge is 0.335 e. The molecule has 0 aliphatic carbocycles. The molecular formula is C32H34ClNO9. The number of aromatic carboxylic acids is 2. The first-order chi connectivity index (χ1) is 20.5. The average Bonchev–Trinajstić information content (AvgIpc) is 2.94. The lowest BCUT2D eigenvalue weighted by atomic mass is 10.0. The first-order valence-corrected chi connectivity index (χ1v) is 13.9. The van der Waals surface area contributed by atoms with E-state index in [4.69, 9.17) is 26.9 Å². The van der Waals surface area contributed by atoms with Crippen LogP contribution in [0.25, 0.3) is 0 Å². The highest BCUT2D eigenvalue weighted by Gasteiger charge is 2.18. The normalized spacial score (nSPS) is 11.0. The Kier molecular flexibility index (Phi) is 14.4. The van der Waals surface area contributed by atoms with Crippen LogP contribution in [0.3, 0.4) is 0 Å². The van der Waals surface area contributed by atoms with E-state index < -0.39 is 29.9 Å². The Bertz CT molecular complexity index is 1420. The fourth-order valence-electron chi connectivity index (χ4n) is 4.38. The Morgan fingerprint density at radius 3 is 1.56 bits per heavy atom. The van der Waals surface area contributed by atoms with Gasteiger partial charge in [-0.25, -0.2) is 9.59 Å². The van der Waals surface area contributed by atoms with Gasteiger partial charge in [-0.05, 0) is 67.0 Å². The van der Waals surface area contributed by atoms with Crippen LogP contribution < -0.4 is 5.32 Å². The van der Waals surface area contributed by atoms with Crippen molar-refractivity contribution in [3.05, 3.63) is 106 Å². The summed E-state index contributed by atoms with van der Waals surface area (Å²) in [5.74, 6) is -4.11. The number of carboxylic acid groups (broad SMARTS) is 4. The minimum absolute atomic E-state index is 0.0634. The van der Waals surface area contributed by atoms with Gasteiger partial charge in [0.15, 0.2) is 0 Å². The molecule has 228 valence electrons. The van der Waals surface area contributed by atoms with E-state index in [0.29, 0.717) is 48.3 Å². The van der Waals surface area contributed by atoms with Gasteiger partial charge in [0.1, 0.15) is 0 Å². The van der Waals surface area contributed by atoms with E-state index in [2.05, 4.69) is 5.32 Å². The van der Waals surface area contributed by atoms with Crippen molar-refractivity contribution in [2.24, 2.45) is 0 Å². The summed E-state index contributed by atoms with van der Waals surface area (Å²) in [6.45, 7) is 0. The van der Waals surface area contributed by atoms with E-state index in [-0.39, 0.29) is 36.3 Å². The highest BCUT2D eigenvalue weighted by molar-refractivity contribution is 6.31. The second-order valence-corrected chi connectivity index (χ2v) is 10.1. The zero-order chi connectivity index (χ0) is 31.8. The number of halogens is 1. The molecule has 43 heavy (non-hydrogen) atoms. The van der Waals surface area contributed by atoms with Gasteiger partial charge in [0.2, 0.25) is 5.91 Å². The maximum absolute atomic E-state index is 12.3. The summed E-state index contributed by atoms with van der Waals surface area (Å²) in [6, 6.07) is 19.9. The van der Waals surface area contributed by atoms with Gasteiger partial charge >= 0.3 is 23.9 Å². The molecule has 0 aliphatic heterocycles. The predicted molar refractivity (Wildman–Crippen MR) is 160 cm³/mol. The fourth-order valence-corrected chi connectivity index (χ4v) is 4.59. The van der Waals surface area contributed by atoms with E-state index in [0.717, 1.165) is 5.56 Å². The van der Waals surface area contributed by atoms with Gasteiger partial charge in [-0.3, -0.25) is 14.4 Å². The van der Waals surface area contributed by atoms with Crippen molar-refractivity contribution in [3.8, 4) is 0 Å². The van der Waals surface area contributed by atoms with Crippen LogP contribution >= 0.6 is 11.6 Å². The number of aryl methyl sites for hydroxylation is 2. The molecule has 0 aromatic heterocycles. The van der Waals surface area contributed by atoms with Crippen LogP contribution in [-0.4, -0.2) is 56.3 Å². The lowest BCUT2D eigenvalue weighted by molar-refractivity contribution is -0.138. The highest BCUT2D eigenvalue weighted by Crippen LogP contribution is 2.18. The van der Waals surface area contributed by atoms with Crippen molar-refractivity contribution in [2.45, 2.75) is 57.4 Å². The van der Waals surface area contributed by atoms with E-state index in [1.165, 1.54) is 12.1 Å². The number of aliphatic carboxylic acids is 2. The molecule has 0 heterocycles. The summed E-state index contributed by atoms with van der Waals surface area (Å²) in [7, 11) is 0. The summed E-state index contributed by atoms with van der Waals surface area (Å²) in [5, 5.41) is 38.9. The van der Waals surface area contributed by atoms with E-state index in [1.807, 2.05) is 0 Å². The Morgan fingerprint density at radius 2 is 1.09 bits per heavy atom. The maximum Gasteiger partial charge on any atom is 0.335 e. The summed E-state index contributed by atoms with van der Waals surface area (Å²) >= 11 is 6.13. The molecule has 3 aromatic carbocycles. The predicted octanol–water partition coefficient (Wildman–Crippen LogP) is 5.36. The summed E-state index contributed by atoms with van der Waals surface area (Å²) in [5.41, 5.74) is 2.60. The largest absolute Gasteiger partial charge is 0.481 e. The van der Waals surface area contributed by atoms with Gasteiger partial charge in [0.25, 0.3) is 0 Å². The van der Waals surface area contributed by atoms with Crippen molar-refractivity contribution < 1.29 is 44.4 Å². The standard InChI is InChI=1S/C21H22ClNO5.C11H12O4/c22-18-10-4-2-7-15(18)12-16(13-20(25)26)23-19(24)11-5-8-14-6-1-3-9-17(14)21(27)28;12-10(13)7-3-5-8-4-1-2-6-9(8)11(14)15/h1-4,6-7,9-10,16H,5,8,11-13H2,(H,23,24)(H,25,26)(H,27,28);1-2,4,6H,3,5,7H2,(H,12,13)(H,14,15)/t16-;/m1./s1. The van der Waals surface area contributed by atoms with Crippen LogP contribution in [-0.2, 0) is 33.6 Å². The number of carbonyl (C=O) groups is 5. The molecule has 0 bridgehead atoms. The number of benzene rings is 3. The van der Waals surface area contributed by atoms with Gasteiger partial charge in [0, 0.05) is 23.9 Å². The molecule has 0 radical (unpaired) electrons. The van der Waals surface area contributed by atoms with Gasteiger partial charge < -0.3 is 25.7 Å². The number of carbonyl (C=O) groups excluding carboxylic acids is 1. The molecule has 0 saturated carbocycles. The third-order valence-corrected chi connectivity index (χ3v) is 6.76. The molecule has 0 aliphatic rings. The molecule has 3 aromatic rings. The monoisotopic (exact) mass is 611 g/mol. The van der Waals surface area contributed by atoms with Crippen LogP contribution in [0.15, 0.2) is 72.8 Å². The average molecular weight is 612 g/mol. The first-order valence-electron chi connectivity index (χ1n) is 13.6. The Balaban J connectivity index is 0.000000362. The van der Waals surface area contributed by atoms with Gasteiger partial charge in [-0.1, -0.05) is 66.2 Å². The fraction of sp³-hybridized carbons (Fsp3) is 0.281. The topological polar surface area (TPSA) is 178 Å². The van der Waals surface area contributed by atoms with Gasteiger partial charge in [-0.2, -0.15) is 0 Å². The number of carboxylic acids is 4. The van der Waals surface area contributed by atoms with Gasteiger partial charge in [-0.15, -0.1) is 0 Å². The minimum Gasteiger partial charge on any atom is -0.481 e. The van der Waals surface area contributed by atoms with Crippen molar-refractivity contribution in [2.75, 3.05) is 0 Å². The lowest BCUT2D eigenvalue weighted by Crippen LogP contribution is -2.38. The molecule has 1 atom stereocenters. The number of nitrogens with one attached hydrogen (secondary N) is 1. The highest BCUT2D eigenvalue weighted by atomic mass is 35.5. The molecule has 0 fully saturated rings. The molecular weight excluding hydrogens is 578 g/mol. The van der Waals surface area contributed by atoms with Crippen molar-refractivity contribution in [1.82, 2.24) is 5.32 Å². The maximum atomic E-state index is 12.3. The molecule has 11 heteroatoms. The number of rotatable bonds is 15. The zero-order valence-corrected chi connectivity index (χ0v) is 24.1. The third-order valence-electron chi connectivity index (χ3n) is 6.39. The summed E-state index contributed by atoms with van der Waals surface area (Å²) in [6.07, 6.45) is 2.19. The second kappa shape index (κ2) is 18.0. The first kappa shape index (κ1) is 34.5. The molecule has 1 amide bonds. The summed E-state index contributed by atoms with van der Waals surface area (Å²) < 4.78 is 0. The van der Waals surface area contributed by atoms with E-state index in [9.17, 15) is 29.1 Å². The van der Waals surface area contributed by atoms with Crippen molar-refractivity contribution in [3.63, 3.8) is 0 Å². The minimum atomic E-state index is -1.01. The van der Waals surface area contributed by atoms with E-state index >= 15 is 0 Å². The van der Waals surface area contributed by atoms with Crippen LogP contribution in [0, 0.1) is 0 Å². The molecule has 10 nitrogen and oxygen atoms in total. The van der Waals surface area contributed by atoms with Crippen molar-refractivity contribution >= 4 is 41.4 Å². The second-order valence-electron chi connectivity index (χ2n) is 9.68. The number of hydrogen-bond acceptors (Lipinski definition) is 5.